The van der Waals surface area contributed by atoms with Crippen molar-refractivity contribution in [2.45, 2.75) is 65.0 Å². The van der Waals surface area contributed by atoms with E-state index in [4.69, 9.17) is 0 Å². The molecule has 1 aliphatic rings. The highest BCUT2D eigenvalue weighted by molar-refractivity contribution is 4.72. The molecular weight excluding hydrogens is 146 g/mol. The third-order valence-corrected chi connectivity index (χ3v) is 2.91. The third-order valence-electron chi connectivity index (χ3n) is 2.91. The van der Waals surface area contributed by atoms with Crippen molar-refractivity contribution >= 4 is 0 Å². The van der Waals surface area contributed by atoms with Crippen LogP contribution < -0.4 is 5.32 Å². The molecule has 12 heavy (non-hydrogen) atoms. The van der Waals surface area contributed by atoms with E-state index in [0.717, 1.165) is 12.0 Å². The average molecular weight is 169 g/mol. The van der Waals surface area contributed by atoms with Crippen LogP contribution in [0, 0.1) is 5.92 Å². The molecule has 0 amide bonds. The van der Waals surface area contributed by atoms with Gasteiger partial charge >= 0.3 is 0 Å². The van der Waals surface area contributed by atoms with Crippen LogP contribution in [0.1, 0.15) is 52.9 Å². The maximum Gasteiger partial charge on any atom is 0.00437 e. The predicted molar refractivity (Wildman–Crippen MR) is 54.3 cm³/mol. The van der Waals surface area contributed by atoms with Crippen molar-refractivity contribution in [3.05, 3.63) is 0 Å². The second-order valence-corrected chi connectivity index (χ2v) is 4.59. The summed E-state index contributed by atoms with van der Waals surface area (Å²) >= 11 is 0. The van der Waals surface area contributed by atoms with E-state index in [2.05, 4.69) is 26.1 Å². The second kappa shape index (κ2) is 4.86. The Morgan fingerprint density at radius 2 is 1.58 bits per heavy atom. The van der Waals surface area contributed by atoms with E-state index in [1.807, 2.05) is 0 Å². The van der Waals surface area contributed by atoms with Gasteiger partial charge in [0.1, 0.15) is 0 Å². The minimum absolute atomic E-state index is 0.716. The molecule has 1 fully saturated rings. The summed E-state index contributed by atoms with van der Waals surface area (Å²) in [5, 5.41) is 3.65. The van der Waals surface area contributed by atoms with Crippen LogP contribution in [0.25, 0.3) is 0 Å². The highest BCUT2D eigenvalue weighted by Crippen LogP contribution is 2.18. The minimum Gasteiger partial charge on any atom is -0.312 e. The molecule has 0 bridgehead atoms. The summed E-state index contributed by atoms with van der Waals surface area (Å²) < 4.78 is 0. The van der Waals surface area contributed by atoms with Gasteiger partial charge in [-0.1, -0.05) is 26.2 Å². The first-order chi connectivity index (χ1) is 5.68. The van der Waals surface area contributed by atoms with Gasteiger partial charge in [-0.05, 0) is 32.6 Å². The number of nitrogens with one attached hydrogen (secondary N) is 1. The normalized spacial score (nSPS) is 39.8. The van der Waals surface area contributed by atoms with E-state index in [1.54, 1.807) is 0 Å². The van der Waals surface area contributed by atoms with Gasteiger partial charge in [-0.15, -0.1) is 0 Å². The van der Waals surface area contributed by atoms with Crippen molar-refractivity contribution in [1.29, 1.82) is 0 Å². The Balaban J connectivity index is 2.37. The maximum absolute atomic E-state index is 3.65. The van der Waals surface area contributed by atoms with Gasteiger partial charge < -0.3 is 5.32 Å². The molecule has 1 heterocycles. The molecule has 1 aliphatic heterocycles. The molecule has 1 rings (SSSR count). The van der Waals surface area contributed by atoms with Gasteiger partial charge in [-0.3, -0.25) is 0 Å². The van der Waals surface area contributed by atoms with E-state index in [9.17, 15) is 0 Å². The van der Waals surface area contributed by atoms with Gasteiger partial charge in [0.15, 0.2) is 0 Å². The molecule has 0 spiro atoms. The van der Waals surface area contributed by atoms with Crippen LogP contribution in [-0.2, 0) is 0 Å². The van der Waals surface area contributed by atoms with E-state index in [-0.39, 0.29) is 0 Å². The van der Waals surface area contributed by atoms with E-state index in [1.165, 1.54) is 32.1 Å². The Labute approximate surface area is 76.9 Å². The standard InChI is InChI=1S/C11H23N/c1-9-6-4-5-7-10(2)12-11(3)8-9/h9-12H,4-8H2,1-3H3. The highest BCUT2D eigenvalue weighted by atomic mass is 14.9. The molecule has 0 saturated carbocycles. The maximum atomic E-state index is 3.65. The summed E-state index contributed by atoms with van der Waals surface area (Å²) in [6.45, 7) is 7.01. The Morgan fingerprint density at radius 1 is 0.917 bits per heavy atom. The largest absolute Gasteiger partial charge is 0.312 e. The van der Waals surface area contributed by atoms with Crippen molar-refractivity contribution in [2.75, 3.05) is 0 Å². The summed E-state index contributed by atoms with van der Waals surface area (Å²) in [6, 6.07) is 1.44. The molecule has 1 N–H and O–H groups in total. The molecule has 3 atom stereocenters. The van der Waals surface area contributed by atoms with Crippen LogP contribution in [-0.4, -0.2) is 12.1 Å². The lowest BCUT2D eigenvalue weighted by molar-refractivity contribution is 0.390. The lowest BCUT2D eigenvalue weighted by Gasteiger charge is -2.20. The minimum atomic E-state index is 0.716. The second-order valence-electron chi connectivity index (χ2n) is 4.59. The Kier molecular flexibility index (Phi) is 4.07. The lowest BCUT2D eigenvalue weighted by Crippen LogP contribution is -2.34. The van der Waals surface area contributed by atoms with Gasteiger partial charge in [0.2, 0.25) is 0 Å². The Bertz CT molecular complexity index is 108. The van der Waals surface area contributed by atoms with Crippen LogP contribution in [0.5, 0.6) is 0 Å². The Morgan fingerprint density at radius 3 is 2.33 bits per heavy atom. The predicted octanol–water partition coefficient (Wildman–Crippen LogP) is 2.95. The molecule has 72 valence electrons. The summed E-state index contributed by atoms with van der Waals surface area (Å²) in [5.41, 5.74) is 0. The van der Waals surface area contributed by atoms with Gasteiger partial charge in [0, 0.05) is 12.1 Å². The quantitative estimate of drug-likeness (QED) is 0.588. The number of rotatable bonds is 0. The number of hydrogen-bond donors (Lipinski definition) is 1. The smallest absolute Gasteiger partial charge is 0.00437 e. The topological polar surface area (TPSA) is 12.0 Å². The molecule has 3 unspecified atom stereocenters. The molecular formula is C11H23N. The van der Waals surface area contributed by atoms with Gasteiger partial charge in [-0.25, -0.2) is 0 Å². The van der Waals surface area contributed by atoms with Crippen LogP contribution in [0.15, 0.2) is 0 Å². The highest BCUT2D eigenvalue weighted by Gasteiger charge is 2.13. The molecule has 1 nitrogen and oxygen atoms in total. The molecule has 0 radical (unpaired) electrons. The SMILES string of the molecule is CC1CCCCC(C)NC(C)C1. The average Bonchev–Trinajstić information content (AvgIpc) is 2.01. The summed E-state index contributed by atoms with van der Waals surface area (Å²) in [6.07, 6.45) is 6.98. The first-order valence-electron chi connectivity index (χ1n) is 5.44. The van der Waals surface area contributed by atoms with Crippen LogP contribution >= 0.6 is 0 Å². The fraction of sp³-hybridized carbons (Fsp3) is 1.00. The van der Waals surface area contributed by atoms with Crippen molar-refractivity contribution in [3.8, 4) is 0 Å². The monoisotopic (exact) mass is 169 g/mol. The zero-order valence-electron chi connectivity index (χ0n) is 8.77. The van der Waals surface area contributed by atoms with Crippen LogP contribution in [0.4, 0.5) is 0 Å². The zero-order chi connectivity index (χ0) is 8.97. The first kappa shape index (κ1) is 10.0. The first-order valence-corrected chi connectivity index (χ1v) is 5.44. The summed E-state index contributed by atoms with van der Waals surface area (Å²) in [4.78, 5) is 0. The fourth-order valence-electron chi connectivity index (χ4n) is 2.30. The summed E-state index contributed by atoms with van der Waals surface area (Å²) in [7, 11) is 0. The van der Waals surface area contributed by atoms with Crippen molar-refractivity contribution in [1.82, 2.24) is 5.32 Å². The van der Waals surface area contributed by atoms with Crippen molar-refractivity contribution in [2.24, 2.45) is 5.92 Å². The van der Waals surface area contributed by atoms with E-state index >= 15 is 0 Å². The van der Waals surface area contributed by atoms with Crippen molar-refractivity contribution in [3.63, 3.8) is 0 Å². The lowest BCUT2D eigenvalue weighted by atomic mass is 9.97. The fourth-order valence-corrected chi connectivity index (χ4v) is 2.30. The van der Waals surface area contributed by atoms with Crippen LogP contribution in [0.3, 0.4) is 0 Å². The van der Waals surface area contributed by atoms with Gasteiger partial charge in [0.05, 0.1) is 0 Å². The molecule has 0 aromatic carbocycles. The molecule has 0 aromatic heterocycles. The molecule has 1 heteroatoms. The molecule has 0 aliphatic carbocycles. The summed E-state index contributed by atoms with van der Waals surface area (Å²) in [5.74, 6) is 0.915. The van der Waals surface area contributed by atoms with Crippen molar-refractivity contribution < 1.29 is 0 Å². The zero-order valence-corrected chi connectivity index (χ0v) is 8.77. The van der Waals surface area contributed by atoms with E-state index < -0.39 is 0 Å². The van der Waals surface area contributed by atoms with E-state index in [0.29, 0.717) is 6.04 Å². The number of hydrogen-bond acceptors (Lipinski definition) is 1. The molecule has 1 saturated heterocycles. The van der Waals surface area contributed by atoms with Gasteiger partial charge in [0.25, 0.3) is 0 Å². The Hall–Kier alpha value is -0.0400. The molecule has 0 aromatic rings. The third kappa shape index (κ3) is 3.57. The van der Waals surface area contributed by atoms with Gasteiger partial charge in [-0.2, -0.15) is 0 Å². The van der Waals surface area contributed by atoms with Crippen LogP contribution in [0.2, 0.25) is 0 Å².